The highest BCUT2D eigenvalue weighted by molar-refractivity contribution is 7.92. The number of carbonyl (C=O) groups is 2. The zero-order chi connectivity index (χ0) is 36.9. The van der Waals surface area contributed by atoms with Crippen LogP contribution in [0.15, 0.2) is 65.2 Å². The Morgan fingerprint density at radius 2 is 2.04 bits per heavy atom. The van der Waals surface area contributed by atoms with Gasteiger partial charge in [-0.15, -0.1) is 4.36 Å². The number of aryl methyl sites for hydroxylation is 2. The van der Waals surface area contributed by atoms with E-state index in [9.17, 15) is 18.9 Å². The predicted octanol–water partition coefficient (Wildman–Crippen LogP) is 6.51. The normalized spacial score (nSPS) is 31.8. The van der Waals surface area contributed by atoms with Crippen LogP contribution in [-0.2, 0) is 39.5 Å². The average molecular weight is 761 g/mol. The second-order valence-corrected chi connectivity index (χ2v) is 18.4. The number of nitrogens with zero attached hydrogens (tertiary/aromatic N) is 3. The van der Waals surface area contributed by atoms with Gasteiger partial charge in [0.15, 0.2) is 0 Å². The summed E-state index contributed by atoms with van der Waals surface area (Å²) in [6.45, 7) is 4.53. The number of rotatable bonds is 3. The maximum Gasteiger partial charge on any atom is 0.286 e. The first-order chi connectivity index (χ1) is 25.5. The lowest BCUT2D eigenvalue weighted by atomic mass is 9.68. The van der Waals surface area contributed by atoms with Gasteiger partial charge in [-0.3, -0.25) is 14.3 Å². The molecule has 1 aromatic heterocycles. The minimum Gasteiger partial charge on any atom is -0.490 e. The largest absolute Gasteiger partial charge is 0.490 e. The summed E-state index contributed by atoms with van der Waals surface area (Å²) in [7, 11) is -1.79. The van der Waals surface area contributed by atoms with Crippen LogP contribution in [-0.4, -0.2) is 70.5 Å². The molecular formula is C41H49ClN4O6S. The van der Waals surface area contributed by atoms with Gasteiger partial charge in [0, 0.05) is 61.1 Å². The zero-order valence-electron chi connectivity index (χ0n) is 30.5. The molecule has 282 valence electrons. The predicted molar refractivity (Wildman–Crippen MR) is 206 cm³/mol. The fourth-order valence-electron chi connectivity index (χ4n) is 9.26. The van der Waals surface area contributed by atoms with Crippen molar-refractivity contribution in [1.82, 2.24) is 9.29 Å². The lowest BCUT2D eigenvalue weighted by Crippen LogP contribution is -2.49. The Hall–Kier alpha value is -3.64. The van der Waals surface area contributed by atoms with Crippen LogP contribution >= 0.6 is 11.6 Å². The van der Waals surface area contributed by atoms with Gasteiger partial charge in [0.2, 0.25) is 0 Å². The van der Waals surface area contributed by atoms with Crippen molar-refractivity contribution in [3.05, 3.63) is 93.8 Å². The number of fused-ring (bicyclic) bond motifs is 5. The molecule has 4 heterocycles. The Morgan fingerprint density at radius 3 is 2.85 bits per heavy atom. The molecule has 0 radical (unpaired) electrons. The smallest absolute Gasteiger partial charge is 0.286 e. The van der Waals surface area contributed by atoms with Gasteiger partial charge in [-0.05, 0) is 110 Å². The van der Waals surface area contributed by atoms with Crippen LogP contribution in [0.4, 0.5) is 5.69 Å². The summed E-state index contributed by atoms with van der Waals surface area (Å²) < 4.78 is 36.4. The van der Waals surface area contributed by atoms with E-state index in [2.05, 4.69) is 38.3 Å². The van der Waals surface area contributed by atoms with Crippen molar-refractivity contribution in [3.63, 3.8) is 0 Å². The quantitative estimate of drug-likeness (QED) is 0.292. The number of hydrogen-bond donors (Lipinski definition) is 2. The Morgan fingerprint density at radius 1 is 1.17 bits per heavy atom. The molecule has 8 rings (SSSR count). The summed E-state index contributed by atoms with van der Waals surface area (Å²) in [6, 6.07) is 13.3. The monoisotopic (exact) mass is 760 g/mol. The Bertz CT molecular complexity index is 2070. The van der Waals surface area contributed by atoms with E-state index in [1.807, 2.05) is 29.7 Å². The molecule has 5 aliphatic rings. The summed E-state index contributed by atoms with van der Waals surface area (Å²) >= 11 is 6.47. The standard InChI is InChI=1S/C41H49ClN4O6S/c1-26-5-3-7-37(51-2)34-11-8-29(34)21-46-24-41(15-4-6-27-17-31(42)10-12-35(27)41)25-52-38-13-9-28(19-36(38)46)39(48)43-53(50,23-26)44-40(49)30-18-32-20-33(47)14-16-45(32)22-30/h3,7,9-10,12-13,17-19,22,26,29,33-34,37,47H,4-6,8,11,14-16,20-21,23-25H2,1-2H3,(H,43,44,48,49,50)/b7-3+/t26-,29-,33?,34+,37-,41-,53?/m0/s1. The number of benzene rings is 2. The van der Waals surface area contributed by atoms with E-state index < -0.39 is 27.8 Å². The van der Waals surface area contributed by atoms with Crippen molar-refractivity contribution < 1.29 is 28.4 Å². The maximum atomic E-state index is 14.7. The number of methoxy groups -OCH3 is 1. The number of aliphatic hydroxyl groups is 1. The first kappa shape index (κ1) is 36.3. The first-order valence-corrected chi connectivity index (χ1v) is 21.1. The highest BCUT2D eigenvalue weighted by Crippen LogP contribution is 2.47. The van der Waals surface area contributed by atoms with Crippen LogP contribution < -0.4 is 14.4 Å². The molecule has 0 saturated heterocycles. The number of aliphatic hydroxyl groups excluding tert-OH is 1. The van der Waals surface area contributed by atoms with Crippen LogP contribution in [0.3, 0.4) is 0 Å². The lowest BCUT2D eigenvalue weighted by Gasteiger charge is -2.46. The third-order valence-electron chi connectivity index (χ3n) is 12.2. The Balaban J connectivity index is 1.18. The molecule has 2 aromatic carbocycles. The number of nitrogens with one attached hydrogen (secondary N) is 1. The Kier molecular flexibility index (Phi) is 9.97. The molecule has 3 aromatic rings. The molecule has 7 atom stereocenters. The maximum absolute atomic E-state index is 14.7. The summed E-state index contributed by atoms with van der Waals surface area (Å²) in [5.41, 5.74) is 4.54. The molecule has 2 unspecified atom stereocenters. The third-order valence-corrected chi connectivity index (χ3v) is 14.4. The van der Waals surface area contributed by atoms with Crippen molar-refractivity contribution in [2.24, 2.45) is 22.1 Å². The van der Waals surface area contributed by atoms with Gasteiger partial charge >= 0.3 is 0 Å². The van der Waals surface area contributed by atoms with Crippen molar-refractivity contribution in [2.45, 2.75) is 82.5 Å². The van der Waals surface area contributed by atoms with Crippen molar-refractivity contribution in [1.29, 1.82) is 0 Å². The van der Waals surface area contributed by atoms with Gasteiger partial charge in [0.25, 0.3) is 11.8 Å². The van der Waals surface area contributed by atoms with Crippen LogP contribution in [0.5, 0.6) is 5.75 Å². The van der Waals surface area contributed by atoms with E-state index in [1.54, 1.807) is 25.4 Å². The van der Waals surface area contributed by atoms with Gasteiger partial charge in [0.1, 0.15) is 15.7 Å². The second-order valence-electron chi connectivity index (χ2n) is 16.0. The van der Waals surface area contributed by atoms with E-state index in [4.69, 9.17) is 21.1 Å². The topological polar surface area (TPSA) is 122 Å². The van der Waals surface area contributed by atoms with Crippen LogP contribution in [0.1, 0.15) is 83.0 Å². The summed E-state index contributed by atoms with van der Waals surface area (Å²) in [6.07, 6.45) is 12.1. The van der Waals surface area contributed by atoms with Crippen LogP contribution in [0.25, 0.3) is 0 Å². The summed E-state index contributed by atoms with van der Waals surface area (Å²) in [5, 5.41) is 10.9. The molecular weight excluding hydrogens is 712 g/mol. The number of hydrogen-bond acceptors (Lipinski definition) is 7. The van der Waals surface area contributed by atoms with E-state index in [-0.39, 0.29) is 23.2 Å². The Labute approximate surface area is 317 Å². The molecule has 12 heteroatoms. The molecule has 2 aliphatic carbocycles. The van der Waals surface area contributed by atoms with Gasteiger partial charge in [-0.1, -0.05) is 36.7 Å². The zero-order valence-corrected chi connectivity index (χ0v) is 32.0. The van der Waals surface area contributed by atoms with Crippen LogP contribution in [0.2, 0.25) is 5.02 Å². The molecule has 2 bridgehead atoms. The van der Waals surface area contributed by atoms with Gasteiger partial charge in [0.05, 0.1) is 35.8 Å². The number of allylic oxidation sites excluding steroid dienone is 1. The fourth-order valence-corrected chi connectivity index (χ4v) is 11.3. The van der Waals surface area contributed by atoms with E-state index in [0.717, 1.165) is 55.1 Å². The van der Waals surface area contributed by atoms with Crippen LogP contribution in [0, 0.1) is 17.8 Å². The number of anilines is 1. The molecule has 1 saturated carbocycles. The molecule has 2 N–H and O–H groups in total. The van der Waals surface area contributed by atoms with E-state index in [0.29, 0.717) is 67.7 Å². The first-order valence-electron chi connectivity index (χ1n) is 19.0. The third kappa shape index (κ3) is 7.30. The molecule has 1 spiro atoms. The molecule has 10 nitrogen and oxygen atoms in total. The summed E-state index contributed by atoms with van der Waals surface area (Å²) in [4.78, 5) is 30.1. The van der Waals surface area contributed by atoms with Crippen molar-refractivity contribution >= 4 is 39.0 Å². The highest BCUT2D eigenvalue weighted by Gasteiger charge is 2.44. The number of ether oxygens (including phenoxy) is 2. The fraction of sp³-hybridized carbons (Fsp3) is 0.512. The van der Waals surface area contributed by atoms with Gasteiger partial charge in [-0.2, -0.15) is 0 Å². The number of amides is 2. The second kappa shape index (κ2) is 14.5. The number of halogens is 1. The molecule has 3 aliphatic heterocycles. The minimum atomic E-state index is -3.56. The average Bonchev–Trinajstić information content (AvgIpc) is 3.48. The molecule has 53 heavy (non-hydrogen) atoms. The SMILES string of the molecule is CO[C@H]1/C=C/C[C@H](C)CS(=O)(NC(=O)c2cc3n(c2)CCC(O)C3)=NC(=O)c2ccc3c(c2)N(C[C@@H]2CC[C@H]21)C[C@@]1(CCCc2cc(Cl)ccc21)CO3. The highest BCUT2D eigenvalue weighted by atomic mass is 35.5. The van der Waals surface area contributed by atoms with E-state index >= 15 is 0 Å². The van der Waals surface area contributed by atoms with Gasteiger partial charge < -0.3 is 24.0 Å². The van der Waals surface area contributed by atoms with E-state index in [1.165, 1.54) is 11.1 Å². The van der Waals surface area contributed by atoms with Gasteiger partial charge in [-0.25, -0.2) is 4.21 Å². The number of aromatic nitrogens is 1. The van der Waals surface area contributed by atoms with Crippen molar-refractivity contribution in [3.8, 4) is 5.75 Å². The summed E-state index contributed by atoms with van der Waals surface area (Å²) in [5.74, 6) is 0.0460. The molecule has 2 amide bonds. The molecule has 1 fully saturated rings. The lowest BCUT2D eigenvalue weighted by molar-refractivity contribution is 0.0131. The number of carbonyl (C=O) groups excluding carboxylic acids is 2. The van der Waals surface area contributed by atoms with Crippen molar-refractivity contribution in [2.75, 3.05) is 37.5 Å². The minimum absolute atomic E-state index is 0.00305.